The van der Waals surface area contributed by atoms with Gasteiger partial charge >= 0.3 is 12.1 Å². The van der Waals surface area contributed by atoms with Crippen molar-refractivity contribution in [2.75, 3.05) is 0 Å². The lowest BCUT2D eigenvalue weighted by atomic mass is 9.78. The molecule has 1 saturated carbocycles. The average Bonchev–Trinajstić information content (AvgIpc) is 3.44. The molecular formula is C37H31F3N4O3. The average molecular weight is 637 g/mol. The molecule has 1 aliphatic carbocycles. The second-order valence-corrected chi connectivity index (χ2v) is 12.0. The van der Waals surface area contributed by atoms with Gasteiger partial charge in [0.2, 0.25) is 0 Å². The molecule has 0 spiro atoms. The van der Waals surface area contributed by atoms with Crippen molar-refractivity contribution >= 4 is 27.9 Å². The number of halogens is 3. The van der Waals surface area contributed by atoms with Crippen molar-refractivity contribution in [3.05, 3.63) is 120 Å². The van der Waals surface area contributed by atoms with E-state index in [1.807, 2.05) is 78.9 Å². The second-order valence-electron chi connectivity index (χ2n) is 12.0. The summed E-state index contributed by atoms with van der Waals surface area (Å²) >= 11 is 0. The number of pyridine rings is 2. The standard InChI is InChI=1S/C37H31F3N4O3/c38-37(39,40)34-17-13-26(20-41-34)25-8-5-6-23(18-25)21-44-33-16-15-28(47-22-27-14-12-24-7-1-4-11-31(24)42-27)19-32(33)43-35(44)29-9-2-3-10-30(29)36(45)46/h1,4-8,11-20,29-30H,2-3,9-10,21-22H2,(H,45,46)/t29-,30?/m1/s1. The molecule has 7 rings (SSSR count). The minimum Gasteiger partial charge on any atom is -0.487 e. The molecule has 2 atom stereocenters. The van der Waals surface area contributed by atoms with Gasteiger partial charge in [0.1, 0.15) is 23.9 Å². The fraction of sp³-hybridized carbons (Fsp3) is 0.243. The quantitative estimate of drug-likeness (QED) is 0.180. The first kappa shape index (κ1) is 30.4. The summed E-state index contributed by atoms with van der Waals surface area (Å²) in [4.78, 5) is 25.7. The fourth-order valence-electron chi connectivity index (χ4n) is 6.51. The van der Waals surface area contributed by atoms with Crippen LogP contribution in [-0.2, 0) is 24.1 Å². The van der Waals surface area contributed by atoms with E-state index >= 15 is 0 Å². The highest BCUT2D eigenvalue weighted by atomic mass is 19.4. The van der Waals surface area contributed by atoms with Gasteiger partial charge in [-0.3, -0.25) is 9.78 Å². The Morgan fingerprint density at radius 3 is 2.53 bits per heavy atom. The summed E-state index contributed by atoms with van der Waals surface area (Å²) in [6.45, 7) is 0.678. The van der Waals surface area contributed by atoms with Gasteiger partial charge in [-0.1, -0.05) is 61.4 Å². The SMILES string of the molecule is O=C(O)C1CCCC[C@H]1c1nc2cc(OCc3ccc4ccccc4n3)ccc2n1Cc1cccc(-c2ccc(C(F)(F)F)nc2)c1. The number of hydrogen-bond donors (Lipinski definition) is 1. The summed E-state index contributed by atoms with van der Waals surface area (Å²) in [5.41, 5.74) is 4.48. The molecule has 3 heterocycles. The lowest BCUT2D eigenvalue weighted by Crippen LogP contribution is -2.27. The maximum atomic E-state index is 13.1. The number of fused-ring (bicyclic) bond motifs is 2. The molecule has 238 valence electrons. The van der Waals surface area contributed by atoms with Crippen molar-refractivity contribution in [2.24, 2.45) is 5.92 Å². The number of benzene rings is 3. The molecule has 1 N–H and O–H groups in total. The van der Waals surface area contributed by atoms with E-state index in [2.05, 4.69) is 9.55 Å². The first-order chi connectivity index (χ1) is 22.7. The van der Waals surface area contributed by atoms with Crippen LogP contribution in [0, 0.1) is 5.92 Å². The third-order valence-corrected chi connectivity index (χ3v) is 8.86. The molecule has 10 heteroatoms. The molecule has 47 heavy (non-hydrogen) atoms. The summed E-state index contributed by atoms with van der Waals surface area (Å²) in [5.74, 6) is -0.293. The predicted molar refractivity (Wildman–Crippen MR) is 172 cm³/mol. The van der Waals surface area contributed by atoms with Crippen LogP contribution in [0.2, 0.25) is 0 Å². The number of alkyl halides is 3. The number of aliphatic carboxylic acids is 1. The number of hydrogen-bond acceptors (Lipinski definition) is 5. The number of carboxylic acids is 1. The maximum absolute atomic E-state index is 13.1. The van der Waals surface area contributed by atoms with Gasteiger partial charge in [0.05, 0.1) is 28.2 Å². The van der Waals surface area contributed by atoms with E-state index in [1.165, 1.54) is 12.3 Å². The highest BCUT2D eigenvalue weighted by molar-refractivity contribution is 5.79. The lowest BCUT2D eigenvalue weighted by molar-refractivity contribution is -0.143. The van der Waals surface area contributed by atoms with E-state index in [9.17, 15) is 23.1 Å². The Bertz CT molecular complexity index is 2070. The molecule has 0 radical (unpaired) electrons. The normalized spacial score (nSPS) is 16.8. The number of rotatable bonds is 8. The van der Waals surface area contributed by atoms with E-state index in [0.717, 1.165) is 52.1 Å². The van der Waals surface area contributed by atoms with Gasteiger partial charge < -0.3 is 14.4 Å². The van der Waals surface area contributed by atoms with Gasteiger partial charge in [0.15, 0.2) is 0 Å². The Kier molecular flexibility index (Phi) is 8.09. The molecule has 0 amide bonds. The second kappa shape index (κ2) is 12.5. The van der Waals surface area contributed by atoms with E-state index in [1.54, 1.807) is 0 Å². The third-order valence-electron chi connectivity index (χ3n) is 8.86. The van der Waals surface area contributed by atoms with Crippen LogP contribution in [0.5, 0.6) is 5.75 Å². The Hall–Kier alpha value is -5.25. The molecule has 3 aromatic carbocycles. The summed E-state index contributed by atoms with van der Waals surface area (Å²) in [5, 5.41) is 11.2. The van der Waals surface area contributed by atoms with Gasteiger partial charge in [-0.05, 0) is 60.4 Å². The van der Waals surface area contributed by atoms with E-state index in [4.69, 9.17) is 14.7 Å². The number of carbonyl (C=O) groups is 1. The van der Waals surface area contributed by atoms with Crippen molar-refractivity contribution in [2.45, 2.75) is 50.9 Å². The third kappa shape index (κ3) is 6.40. The Morgan fingerprint density at radius 1 is 0.872 bits per heavy atom. The number of para-hydroxylation sites is 1. The molecule has 1 unspecified atom stereocenters. The van der Waals surface area contributed by atoms with Gasteiger partial charge in [-0.25, -0.2) is 9.97 Å². The van der Waals surface area contributed by atoms with E-state index < -0.39 is 23.8 Å². The molecule has 6 aromatic rings. The minimum absolute atomic E-state index is 0.262. The smallest absolute Gasteiger partial charge is 0.433 e. The number of carboxylic acid groups (broad SMARTS) is 1. The minimum atomic E-state index is -4.51. The van der Waals surface area contributed by atoms with Gasteiger partial charge in [-0.2, -0.15) is 13.2 Å². The molecule has 1 aliphatic rings. The van der Waals surface area contributed by atoms with Crippen LogP contribution in [0.1, 0.15) is 54.4 Å². The van der Waals surface area contributed by atoms with Crippen molar-refractivity contribution < 1.29 is 27.8 Å². The van der Waals surface area contributed by atoms with Gasteiger partial charge in [0.25, 0.3) is 0 Å². The van der Waals surface area contributed by atoms with Crippen LogP contribution >= 0.6 is 0 Å². The van der Waals surface area contributed by atoms with Crippen LogP contribution < -0.4 is 4.74 Å². The highest BCUT2D eigenvalue weighted by Gasteiger charge is 2.35. The first-order valence-corrected chi connectivity index (χ1v) is 15.6. The number of aromatic nitrogens is 4. The maximum Gasteiger partial charge on any atom is 0.433 e. The zero-order chi connectivity index (χ0) is 32.5. The highest BCUT2D eigenvalue weighted by Crippen LogP contribution is 2.40. The lowest BCUT2D eigenvalue weighted by Gasteiger charge is -2.28. The molecule has 7 nitrogen and oxygen atoms in total. The van der Waals surface area contributed by atoms with Crippen molar-refractivity contribution in [3.8, 4) is 16.9 Å². The monoisotopic (exact) mass is 636 g/mol. The summed E-state index contributed by atoms with van der Waals surface area (Å²) in [6, 6.07) is 27.5. The predicted octanol–water partition coefficient (Wildman–Crippen LogP) is 8.65. The van der Waals surface area contributed by atoms with Crippen LogP contribution in [0.15, 0.2) is 97.2 Å². The molecular weight excluding hydrogens is 605 g/mol. The summed E-state index contributed by atoms with van der Waals surface area (Å²) in [7, 11) is 0. The topological polar surface area (TPSA) is 90.1 Å². The van der Waals surface area contributed by atoms with E-state index in [-0.39, 0.29) is 12.5 Å². The zero-order valence-electron chi connectivity index (χ0n) is 25.3. The van der Waals surface area contributed by atoms with Crippen molar-refractivity contribution in [3.63, 3.8) is 0 Å². The van der Waals surface area contributed by atoms with E-state index in [0.29, 0.717) is 42.0 Å². The molecule has 1 fully saturated rings. The first-order valence-electron chi connectivity index (χ1n) is 15.6. The summed E-state index contributed by atoms with van der Waals surface area (Å²) in [6.07, 6.45) is -0.195. The fourth-order valence-corrected chi connectivity index (χ4v) is 6.51. The number of ether oxygens (including phenoxy) is 1. The van der Waals surface area contributed by atoms with Crippen molar-refractivity contribution in [1.29, 1.82) is 0 Å². The number of imidazole rings is 1. The largest absolute Gasteiger partial charge is 0.487 e. The van der Waals surface area contributed by atoms with Crippen LogP contribution in [0.3, 0.4) is 0 Å². The molecule has 0 aliphatic heterocycles. The molecule has 0 bridgehead atoms. The molecule has 3 aromatic heterocycles. The Labute approximate surface area is 268 Å². The van der Waals surface area contributed by atoms with Crippen LogP contribution in [0.25, 0.3) is 33.1 Å². The Balaban J connectivity index is 1.21. The van der Waals surface area contributed by atoms with Crippen LogP contribution in [0.4, 0.5) is 13.2 Å². The van der Waals surface area contributed by atoms with Crippen LogP contribution in [-0.4, -0.2) is 30.6 Å². The number of nitrogens with zero attached hydrogens (tertiary/aromatic N) is 4. The zero-order valence-corrected chi connectivity index (χ0v) is 25.3. The van der Waals surface area contributed by atoms with Crippen molar-refractivity contribution in [1.82, 2.24) is 19.5 Å². The Morgan fingerprint density at radius 2 is 1.72 bits per heavy atom. The summed E-state index contributed by atoms with van der Waals surface area (Å²) < 4.78 is 47.4. The van der Waals surface area contributed by atoms with Gasteiger partial charge in [0, 0.05) is 35.7 Å². The van der Waals surface area contributed by atoms with Gasteiger partial charge in [-0.15, -0.1) is 0 Å². The molecule has 0 saturated heterocycles.